The zero-order chi connectivity index (χ0) is 22.5. The van der Waals surface area contributed by atoms with Gasteiger partial charge in [0.25, 0.3) is 5.91 Å². The Morgan fingerprint density at radius 3 is 2.16 bits per heavy atom. The second-order valence-corrected chi connectivity index (χ2v) is 10.2. The molecule has 1 amide bonds. The molecule has 9 heteroatoms. The molecule has 1 aromatic rings. The van der Waals surface area contributed by atoms with Crippen LogP contribution in [0.1, 0.15) is 68.1 Å². The van der Waals surface area contributed by atoms with Crippen molar-refractivity contribution >= 4 is 21.9 Å². The van der Waals surface area contributed by atoms with Gasteiger partial charge in [-0.15, -0.1) is 0 Å². The normalized spacial score (nSPS) is 19.8. The number of carbonyl (C=O) groups is 2. The van der Waals surface area contributed by atoms with E-state index in [1.165, 1.54) is 36.7 Å². The number of benzene rings is 1. The summed E-state index contributed by atoms with van der Waals surface area (Å²) in [5, 5.41) is 2.84. The lowest BCUT2D eigenvalue weighted by Crippen LogP contribution is -2.56. The second kappa shape index (κ2) is 9.99. The minimum atomic E-state index is -3.82. The van der Waals surface area contributed by atoms with E-state index < -0.39 is 27.4 Å². The molecule has 3 rings (SSSR count). The van der Waals surface area contributed by atoms with Crippen LogP contribution in [0.25, 0.3) is 0 Å². The fraction of sp³-hybridized carbons (Fsp3) is 0.636. The molecule has 1 N–H and O–H groups in total. The fourth-order valence-corrected chi connectivity index (χ4v) is 6.16. The molecular formula is C22H32N2O6S. The molecular weight excluding hydrogens is 420 g/mol. The molecule has 0 unspecified atom stereocenters. The van der Waals surface area contributed by atoms with Crippen molar-refractivity contribution < 1.29 is 27.5 Å². The van der Waals surface area contributed by atoms with Crippen molar-refractivity contribution in [1.29, 1.82) is 0 Å². The van der Waals surface area contributed by atoms with Crippen LogP contribution in [0.4, 0.5) is 0 Å². The maximum atomic E-state index is 13.3. The summed E-state index contributed by atoms with van der Waals surface area (Å²) >= 11 is 0. The smallest absolute Gasteiger partial charge is 0.331 e. The fourth-order valence-electron chi connectivity index (χ4n) is 4.46. The number of ether oxygens (including phenoxy) is 2. The van der Waals surface area contributed by atoms with E-state index in [2.05, 4.69) is 5.32 Å². The summed E-state index contributed by atoms with van der Waals surface area (Å²) < 4.78 is 38.4. The van der Waals surface area contributed by atoms with Crippen LogP contribution in [0.2, 0.25) is 0 Å². The Labute approximate surface area is 184 Å². The lowest BCUT2D eigenvalue weighted by molar-refractivity contribution is -0.149. The van der Waals surface area contributed by atoms with Crippen LogP contribution < -0.4 is 10.1 Å². The maximum Gasteiger partial charge on any atom is 0.331 e. The zero-order valence-corrected chi connectivity index (χ0v) is 19.1. The molecule has 0 atom stereocenters. The molecule has 0 spiro atoms. The van der Waals surface area contributed by atoms with Gasteiger partial charge in [-0.25, -0.2) is 13.2 Å². The number of methoxy groups -OCH3 is 2. The molecule has 172 valence electrons. The van der Waals surface area contributed by atoms with Crippen molar-refractivity contribution in [3.8, 4) is 5.75 Å². The van der Waals surface area contributed by atoms with Crippen LogP contribution in [0.5, 0.6) is 5.75 Å². The highest BCUT2D eigenvalue weighted by Crippen LogP contribution is 2.32. The highest BCUT2D eigenvalue weighted by molar-refractivity contribution is 7.89. The molecule has 0 radical (unpaired) electrons. The number of amides is 1. The maximum absolute atomic E-state index is 13.3. The molecule has 1 saturated carbocycles. The van der Waals surface area contributed by atoms with Gasteiger partial charge in [0.1, 0.15) is 16.2 Å². The standard InChI is InChI=1S/C22H32N2O6S/c1-29-18-11-10-17(16-19(18)31(27,28)24-14-8-3-4-9-15-24)20(25)23-22(21(26)30-2)12-6-5-7-13-22/h10-11,16H,3-9,12-15H2,1-2H3,(H,23,25). The molecule has 1 heterocycles. The van der Waals surface area contributed by atoms with Crippen molar-refractivity contribution in [2.24, 2.45) is 0 Å². The van der Waals surface area contributed by atoms with Gasteiger partial charge in [0.15, 0.2) is 0 Å². The quantitative estimate of drug-likeness (QED) is 0.666. The van der Waals surface area contributed by atoms with Crippen molar-refractivity contribution in [3.05, 3.63) is 23.8 Å². The van der Waals surface area contributed by atoms with E-state index in [0.717, 1.165) is 44.9 Å². The van der Waals surface area contributed by atoms with E-state index in [1.54, 1.807) is 0 Å². The Kier molecular flexibility index (Phi) is 7.59. The summed E-state index contributed by atoms with van der Waals surface area (Å²) in [5.74, 6) is -0.769. The number of esters is 1. The SMILES string of the molecule is COC(=O)C1(NC(=O)c2ccc(OC)c(S(=O)(=O)N3CCCCCC3)c2)CCCCC1. The molecule has 0 bridgehead atoms. The van der Waals surface area contributed by atoms with Gasteiger partial charge in [0.05, 0.1) is 14.2 Å². The Balaban J connectivity index is 1.92. The lowest BCUT2D eigenvalue weighted by atomic mass is 9.81. The van der Waals surface area contributed by atoms with Gasteiger partial charge < -0.3 is 14.8 Å². The predicted molar refractivity (Wildman–Crippen MR) is 116 cm³/mol. The third kappa shape index (κ3) is 5.03. The first-order valence-corrected chi connectivity index (χ1v) is 12.4. The number of carbonyl (C=O) groups excluding carboxylic acids is 2. The van der Waals surface area contributed by atoms with Crippen LogP contribution in [0.3, 0.4) is 0 Å². The first-order valence-electron chi connectivity index (χ1n) is 10.9. The molecule has 2 fully saturated rings. The van der Waals surface area contributed by atoms with E-state index in [0.29, 0.717) is 25.9 Å². The van der Waals surface area contributed by atoms with Crippen LogP contribution in [0, 0.1) is 0 Å². The van der Waals surface area contributed by atoms with Crippen molar-refractivity contribution in [3.63, 3.8) is 0 Å². The summed E-state index contributed by atoms with van der Waals surface area (Å²) in [7, 11) is -1.10. The van der Waals surface area contributed by atoms with Gasteiger partial charge in [-0.1, -0.05) is 32.1 Å². The van der Waals surface area contributed by atoms with E-state index in [-0.39, 0.29) is 16.2 Å². The topological polar surface area (TPSA) is 102 Å². The van der Waals surface area contributed by atoms with Gasteiger partial charge in [-0.2, -0.15) is 4.31 Å². The highest BCUT2D eigenvalue weighted by Gasteiger charge is 2.42. The van der Waals surface area contributed by atoms with Crippen LogP contribution in [0.15, 0.2) is 23.1 Å². The highest BCUT2D eigenvalue weighted by atomic mass is 32.2. The molecule has 2 aliphatic rings. The lowest BCUT2D eigenvalue weighted by Gasteiger charge is -2.35. The zero-order valence-electron chi connectivity index (χ0n) is 18.3. The van der Waals surface area contributed by atoms with E-state index in [1.807, 2.05) is 0 Å². The number of sulfonamides is 1. The predicted octanol–water partition coefficient (Wildman–Crippen LogP) is 2.87. The third-order valence-corrected chi connectivity index (χ3v) is 8.16. The molecule has 1 saturated heterocycles. The van der Waals surface area contributed by atoms with Crippen molar-refractivity contribution in [2.75, 3.05) is 27.3 Å². The summed E-state index contributed by atoms with van der Waals surface area (Å²) in [6, 6.07) is 4.36. The second-order valence-electron chi connectivity index (χ2n) is 8.27. The minimum absolute atomic E-state index is 0.0275. The minimum Gasteiger partial charge on any atom is -0.495 e. The van der Waals surface area contributed by atoms with Gasteiger partial charge in [0.2, 0.25) is 10.0 Å². The van der Waals surface area contributed by atoms with E-state index >= 15 is 0 Å². The van der Waals surface area contributed by atoms with Gasteiger partial charge >= 0.3 is 5.97 Å². The third-order valence-electron chi connectivity index (χ3n) is 6.24. The Morgan fingerprint density at radius 1 is 0.968 bits per heavy atom. The molecule has 1 aliphatic heterocycles. The average Bonchev–Trinajstić information content (AvgIpc) is 3.09. The van der Waals surface area contributed by atoms with Crippen molar-refractivity contribution in [1.82, 2.24) is 9.62 Å². The van der Waals surface area contributed by atoms with Gasteiger partial charge in [-0.05, 0) is 43.9 Å². The number of hydrogen-bond acceptors (Lipinski definition) is 6. The van der Waals surface area contributed by atoms with Gasteiger partial charge in [0, 0.05) is 18.7 Å². The summed E-state index contributed by atoms with van der Waals surface area (Å²) in [4.78, 5) is 25.5. The number of rotatable bonds is 6. The molecule has 1 aliphatic carbocycles. The Hall–Kier alpha value is -2.13. The number of hydrogen-bond donors (Lipinski definition) is 1. The molecule has 31 heavy (non-hydrogen) atoms. The van der Waals surface area contributed by atoms with Crippen molar-refractivity contribution in [2.45, 2.75) is 68.2 Å². The molecule has 0 aromatic heterocycles. The molecule has 1 aromatic carbocycles. The monoisotopic (exact) mass is 452 g/mol. The molecule has 8 nitrogen and oxygen atoms in total. The Morgan fingerprint density at radius 2 is 1.58 bits per heavy atom. The largest absolute Gasteiger partial charge is 0.495 e. The van der Waals surface area contributed by atoms with E-state index in [9.17, 15) is 18.0 Å². The van der Waals surface area contributed by atoms with Crippen LogP contribution in [-0.2, 0) is 19.6 Å². The Bertz CT molecular complexity index is 901. The number of nitrogens with zero attached hydrogens (tertiary/aromatic N) is 1. The first-order chi connectivity index (χ1) is 14.8. The summed E-state index contributed by atoms with van der Waals surface area (Å²) in [6.07, 6.45) is 7.24. The average molecular weight is 453 g/mol. The van der Waals surface area contributed by atoms with Crippen LogP contribution >= 0.6 is 0 Å². The number of nitrogens with one attached hydrogen (secondary N) is 1. The summed E-state index contributed by atoms with van der Waals surface area (Å²) in [5.41, 5.74) is -0.906. The van der Waals surface area contributed by atoms with Gasteiger partial charge in [-0.3, -0.25) is 4.79 Å². The van der Waals surface area contributed by atoms with E-state index in [4.69, 9.17) is 9.47 Å². The van der Waals surface area contributed by atoms with Crippen LogP contribution in [-0.4, -0.2) is 57.4 Å². The summed E-state index contributed by atoms with van der Waals surface area (Å²) in [6.45, 7) is 0.903. The first kappa shape index (κ1) is 23.5.